The predicted octanol–water partition coefficient (Wildman–Crippen LogP) is 2.79. The fourth-order valence-corrected chi connectivity index (χ4v) is 4.38. The molecule has 2 aromatic rings. The minimum Gasteiger partial charge on any atom is -0.394 e. The number of rotatable bonds is 10. The molecule has 2 saturated carbocycles. The van der Waals surface area contributed by atoms with Crippen molar-refractivity contribution in [2.24, 2.45) is 0 Å². The average Bonchev–Trinajstić information content (AvgIpc) is 3.19. The van der Waals surface area contributed by atoms with E-state index in [1.165, 1.54) is 19.3 Å². The van der Waals surface area contributed by atoms with Crippen LogP contribution in [0.25, 0.3) is 11.2 Å². The Labute approximate surface area is 163 Å². The smallest absolute Gasteiger partial charge is 0.191 e. The summed E-state index contributed by atoms with van der Waals surface area (Å²) >= 11 is 1.70. The van der Waals surface area contributed by atoms with Crippen LogP contribution in [-0.2, 0) is 4.74 Å². The summed E-state index contributed by atoms with van der Waals surface area (Å²) in [4.78, 5) is 9.52. The van der Waals surface area contributed by atoms with Crippen molar-refractivity contribution in [3.63, 3.8) is 0 Å². The van der Waals surface area contributed by atoms with Gasteiger partial charge in [0, 0.05) is 11.8 Å². The van der Waals surface area contributed by atoms with E-state index in [1.54, 1.807) is 11.8 Å². The lowest BCUT2D eigenvalue weighted by atomic mass is 10.2. The number of nitrogens with one attached hydrogen (secondary N) is 1. The third-order valence-electron chi connectivity index (χ3n) is 5.10. The molecule has 2 aliphatic carbocycles. The zero-order valence-electron chi connectivity index (χ0n) is 15.8. The second-order valence-corrected chi connectivity index (χ2v) is 8.43. The van der Waals surface area contributed by atoms with Gasteiger partial charge in [-0.25, -0.2) is 14.6 Å². The highest BCUT2D eigenvalue weighted by molar-refractivity contribution is 7.99. The molecule has 0 spiro atoms. The van der Waals surface area contributed by atoms with Crippen LogP contribution in [0.2, 0.25) is 0 Å². The number of thioether (sulfide) groups is 1. The lowest BCUT2D eigenvalue weighted by Gasteiger charge is -2.13. The number of fused-ring (bicyclic) bond motifs is 1. The molecule has 4 rings (SSSR count). The molecule has 2 heterocycles. The monoisotopic (exact) mass is 392 g/mol. The number of anilines is 1. The molecule has 0 radical (unpaired) electrons. The molecule has 0 amide bonds. The molecule has 2 aromatic heterocycles. The Morgan fingerprint density at radius 2 is 2.15 bits per heavy atom. The Kier molecular flexibility index (Phi) is 6.09. The van der Waals surface area contributed by atoms with Crippen LogP contribution in [0.1, 0.15) is 57.9 Å². The summed E-state index contributed by atoms with van der Waals surface area (Å²) in [5, 5.41) is 22.1. The Morgan fingerprint density at radius 1 is 1.26 bits per heavy atom. The van der Waals surface area contributed by atoms with Gasteiger partial charge >= 0.3 is 0 Å². The van der Waals surface area contributed by atoms with Gasteiger partial charge in [0.05, 0.1) is 25.4 Å². The van der Waals surface area contributed by atoms with Crippen LogP contribution in [0.3, 0.4) is 0 Å². The van der Waals surface area contributed by atoms with Crippen LogP contribution >= 0.6 is 11.8 Å². The minimum atomic E-state index is 0.0647. The van der Waals surface area contributed by atoms with Crippen LogP contribution in [0.15, 0.2) is 5.16 Å². The maximum Gasteiger partial charge on any atom is 0.191 e. The summed E-state index contributed by atoms with van der Waals surface area (Å²) in [7, 11) is 0. The average molecular weight is 393 g/mol. The molecule has 2 aliphatic rings. The van der Waals surface area contributed by atoms with E-state index in [0.717, 1.165) is 53.6 Å². The molecule has 8 nitrogen and oxygen atoms in total. The molecule has 2 unspecified atom stereocenters. The Bertz CT molecular complexity index is 766. The largest absolute Gasteiger partial charge is 0.394 e. The summed E-state index contributed by atoms with van der Waals surface area (Å²) < 4.78 is 7.67. The van der Waals surface area contributed by atoms with Crippen molar-refractivity contribution in [2.45, 2.75) is 75.2 Å². The summed E-state index contributed by atoms with van der Waals surface area (Å²) in [6.07, 6.45) is 7.71. The molecule has 0 bridgehead atoms. The first kappa shape index (κ1) is 18.9. The highest BCUT2D eigenvalue weighted by Crippen LogP contribution is 2.35. The van der Waals surface area contributed by atoms with Gasteiger partial charge in [0.2, 0.25) is 0 Å². The number of hydrogen-bond acceptors (Lipinski definition) is 8. The van der Waals surface area contributed by atoms with E-state index in [9.17, 15) is 0 Å². The third-order valence-corrected chi connectivity index (χ3v) is 6.03. The normalized spacial score (nSPS) is 22.6. The molecule has 0 saturated heterocycles. The van der Waals surface area contributed by atoms with E-state index in [1.807, 2.05) is 4.68 Å². The Balaban J connectivity index is 1.58. The second-order valence-electron chi connectivity index (χ2n) is 7.36. The first-order valence-corrected chi connectivity index (χ1v) is 11.0. The Morgan fingerprint density at radius 3 is 2.93 bits per heavy atom. The SMILES string of the molecule is CCCCSc1nc(NC2CC2)c2nnn(C3CCC(OCCO)C3)c2n1. The van der Waals surface area contributed by atoms with Gasteiger partial charge in [0.25, 0.3) is 0 Å². The third kappa shape index (κ3) is 4.52. The number of aromatic nitrogens is 5. The van der Waals surface area contributed by atoms with Gasteiger partial charge in [0.1, 0.15) is 0 Å². The second kappa shape index (κ2) is 8.70. The summed E-state index contributed by atoms with van der Waals surface area (Å²) in [6, 6.07) is 0.736. The Hall–Kier alpha value is -1.45. The molecule has 0 aromatic carbocycles. The maximum atomic E-state index is 8.97. The quantitative estimate of drug-likeness (QED) is 0.362. The molecule has 2 fully saturated rings. The fraction of sp³-hybridized carbons (Fsp3) is 0.778. The van der Waals surface area contributed by atoms with Crippen LogP contribution in [-0.4, -0.2) is 61.2 Å². The number of nitrogens with zero attached hydrogens (tertiary/aromatic N) is 5. The standard InChI is InChI=1S/C18H28N6O2S/c1-2-3-10-27-18-20-16(19-12-4-5-12)15-17(21-18)24(23-22-15)13-6-7-14(11-13)26-9-8-25/h12-14,25H,2-11H2,1H3,(H,19,20,21). The van der Waals surface area contributed by atoms with Gasteiger partial charge in [-0.2, -0.15) is 0 Å². The first-order chi connectivity index (χ1) is 13.3. The van der Waals surface area contributed by atoms with Gasteiger partial charge in [-0.3, -0.25) is 0 Å². The van der Waals surface area contributed by atoms with Crippen LogP contribution in [0.5, 0.6) is 0 Å². The van der Waals surface area contributed by atoms with E-state index < -0.39 is 0 Å². The summed E-state index contributed by atoms with van der Waals surface area (Å²) in [5.74, 6) is 1.84. The number of ether oxygens (including phenoxy) is 1. The molecular formula is C18H28N6O2S. The minimum absolute atomic E-state index is 0.0647. The van der Waals surface area contributed by atoms with Crippen LogP contribution < -0.4 is 5.32 Å². The van der Waals surface area contributed by atoms with Gasteiger partial charge in [-0.15, -0.1) is 5.10 Å². The molecule has 2 N–H and O–H groups in total. The highest BCUT2D eigenvalue weighted by Gasteiger charge is 2.30. The molecule has 9 heteroatoms. The number of unbranched alkanes of at least 4 members (excludes halogenated alkanes) is 1. The zero-order valence-corrected chi connectivity index (χ0v) is 16.6. The van der Waals surface area contributed by atoms with Crippen molar-refractivity contribution in [3.8, 4) is 0 Å². The van der Waals surface area contributed by atoms with E-state index in [4.69, 9.17) is 19.8 Å². The topological polar surface area (TPSA) is 98.0 Å². The molecule has 27 heavy (non-hydrogen) atoms. The van der Waals surface area contributed by atoms with E-state index in [0.29, 0.717) is 12.6 Å². The van der Waals surface area contributed by atoms with Gasteiger partial charge in [-0.1, -0.05) is 30.3 Å². The summed E-state index contributed by atoms with van der Waals surface area (Å²) in [5.41, 5.74) is 1.58. The van der Waals surface area contributed by atoms with Crippen LogP contribution in [0.4, 0.5) is 5.82 Å². The molecular weight excluding hydrogens is 364 g/mol. The van der Waals surface area contributed by atoms with Crippen LogP contribution in [0, 0.1) is 0 Å². The van der Waals surface area contributed by atoms with E-state index in [2.05, 4.69) is 22.6 Å². The highest BCUT2D eigenvalue weighted by atomic mass is 32.2. The van der Waals surface area contributed by atoms with Gasteiger partial charge in [-0.05, 0) is 38.5 Å². The van der Waals surface area contributed by atoms with E-state index in [-0.39, 0.29) is 18.8 Å². The number of aliphatic hydroxyl groups excluding tert-OH is 1. The van der Waals surface area contributed by atoms with Crippen molar-refractivity contribution in [1.29, 1.82) is 0 Å². The molecule has 2 atom stereocenters. The lowest BCUT2D eigenvalue weighted by molar-refractivity contribution is 0.0309. The van der Waals surface area contributed by atoms with Crippen molar-refractivity contribution in [3.05, 3.63) is 0 Å². The van der Waals surface area contributed by atoms with Gasteiger partial charge < -0.3 is 15.2 Å². The van der Waals surface area contributed by atoms with Crippen molar-refractivity contribution in [1.82, 2.24) is 25.0 Å². The first-order valence-electron chi connectivity index (χ1n) is 10.0. The van der Waals surface area contributed by atoms with Crippen molar-refractivity contribution >= 4 is 28.7 Å². The fourth-order valence-electron chi connectivity index (χ4n) is 3.46. The predicted molar refractivity (Wildman–Crippen MR) is 105 cm³/mol. The summed E-state index contributed by atoms with van der Waals surface area (Å²) in [6.45, 7) is 2.65. The van der Waals surface area contributed by atoms with Gasteiger partial charge in [0.15, 0.2) is 22.1 Å². The van der Waals surface area contributed by atoms with Crippen molar-refractivity contribution < 1.29 is 9.84 Å². The zero-order chi connectivity index (χ0) is 18.6. The van der Waals surface area contributed by atoms with E-state index >= 15 is 0 Å². The number of hydrogen-bond donors (Lipinski definition) is 2. The van der Waals surface area contributed by atoms with Crippen molar-refractivity contribution in [2.75, 3.05) is 24.3 Å². The molecule has 0 aliphatic heterocycles. The maximum absolute atomic E-state index is 8.97. The number of aliphatic hydroxyl groups is 1. The molecule has 148 valence electrons. The lowest BCUT2D eigenvalue weighted by Crippen LogP contribution is -2.14.